The van der Waals surface area contributed by atoms with Crippen LogP contribution in [-0.4, -0.2) is 53.8 Å². The van der Waals surface area contributed by atoms with Gasteiger partial charge in [-0.15, -0.1) is 0 Å². The van der Waals surface area contributed by atoms with E-state index in [1.54, 1.807) is 24.3 Å². The van der Waals surface area contributed by atoms with E-state index in [1.807, 2.05) is 98.7 Å². The summed E-state index contributed by atoms with van der Waals surface area (Å²) in [5.41, 5.74) is 4.48. The van der Waals surface area contributed by atoms with E-state index in [1.165, 1.54) is 4.90 Å². The minimum Gasteiger partial charge on any atom is -0.507 e. The van der Waals surface area contributed by atoms with E-state index in [0.29, 0.717) is 48.9 Å². The number of rotatable bonds is 11. The number of aryl methyl sites for hydroxylation is 1. The summed E-state index contributed by atoms with van der Waals surface area (Å²) in [4.78, 5) is 30.1. The maximum Gasteiger partial charge on any atom is 0.295 e. The molecule has 0 spiro atoms. The Balaban J connectivity index is 1.40. The van der Waals surface area contributed by atoms with Gasteiger partial charge in [0.05, 0.1) is 11.6 Å². The summed E-state index contributed by atoms with van der Waals surface area (Å²) in [6.45, 7) is 3.76. The molecule has 1 N–H and O–H groups in total. The Morgan fingerprint density at radius 2 is 1.40 bits per heavy atom. The number of carbonyl (C=O) groups is 2. The zero-order chi connectivity index (χ0) is 30.3. The van der Waals surface area contributed by atoms with Gasteiger partial charge in [0.25, 0.3) is 11.7 Å². The minimum atomic E-state index is -0.736. The number of carbonyl (C=O) groups excluding carboxylic acids is 2. The average molecular weight is 577 g/mol. The van der Waals surface area contributed by atoms with Crippen LogP contribution >= 0.6 is 0 Å². The van der Waals surface area contributed by atoms with Gasteiger partial charge in [0.15, 0.2) is 0 Å². The number of hydrogen-bond donors (Lipinski definition) is 1. The average Bonchev–Trinajstić information content (AvgIpc) is 3.27. The SMILES string of the molecule is Cc1cccc(COc2ccc(C(O)=C3C(=O)C(=O)N(CCN(C)C)C3c3ccc(OCc4ccccc4)cc3)cc2)c1. The van der Waals surface area contributed by atoms with Gasteiger partial charge >= 0.3 is 0 Å². The van der Waals surface area contributed by atoms with Crippen LogP contribution in [0, 0.1) is 6.92 Å². The molecule has 220 valence electrons. The zero-order valence-electron chi connectivity index (χ0n) is 24.7. The predicted octanol–water partition coefficient (Wildman–Crippen LogP) is 6.14. The van der Waals surface area contributed by atoms with Crippen LogP contribution in [0.4, 0.5) is 0 Å². The van der Waals surface area contributed by atoms with E-state index in [4.69, 9.17) is 9.47 Å². The Morgan fingerprint density at radius 3 is 2.02 bits per heavy atom. The summed E-state index contributed by atoms with van der Waals surface area (Å²) in [5, 5.41) is 11.4. The van der Waals surface area contributed by atoms with Gasteiger partial charge in [-0.25, -0.2) is 0 Å². The third-order valence-electron chi connectivity index (χ3n) is 7.39. The van der Waals surface area contributed by atoms with E-state index in [0.717, 1.165) is 16.7 Å². The summed E-state index contributed by atoms with van der Waals surface area (Å²) < 4.78 is 11.9. The lowest BCUT2D eigenvalue weighted by atomic mass is 9.95. The molecule has 4 aromatic carbocycles. The van der Waals surface area contributed by atoms with Gasteiger partial charge in [0.2, 0.25) is 0 Å². The lowest BCUT2D eigenvalue weighted by molar-refractivity contribution is -0.140. The van der Waals surface area contributed by atoms with E-state index in [2.05, 4.69) is 6.07 Å². The van der Waals surface area contributed by atoms with Gasteiger partial charge in [-0.05, 0) is 74.1 Å². The highest BCUT2D eigenvalue weighted by atomic mass is 16.5. The molecule has 0 radical (unpaired) electrons. The Morgan fingerprint density at radius 1 is 0.791 bits per heavy atom. The summed E-state index contributed by atoms with van der Waals surface area (Å²) >= 11 is 0. The van der Waals surface area contributed by atoms with Crippen molar-refractivity contribution in [2.75, 3.05) is 27.2 Å². The second kappa shape index (κ2) is 13.4. The highest BCUT2D eigenvalue weighted by Gasteiger charge is 2.45. The van der Waals surface area contributed by atoms with Crippen molar-refractivity contribution in [3.63, 3.8) is 0 Å². The van der Waals surface area contributed by atoms with Crippen LogP contribution in [0.1, 0.15) is 33.9 Å². The number of ether oxygens (including phenoxy) is 2. The maximum atomic E-state index is 13.4. The van der Waals surface area contributed by atoms with Crippen molar-refractivity contribution >= 4 is 17.4 Å². The first-order valence-corrected chi connectivity index (χ1v) is 14.3. The van der Waals surface area contributed by atoms with Crippen molar-refractivity contribution in [2.24, 2.45) is 0 Å². The van der Waals surface area contributed by atoms with Crippen LogP contribution < -0.4 is 9.47 Å². The molecule has 1 heterocycles. The Bertz CT molecular complexity index is 1600. The standard InChI is InChI=1S/C36H36N2O5/c1-25-8-7-11-27(22-25)24-43-31-18-14-29(15-19-31)34(39)32-33(38(21-20-37(2)3)36(41)35(32)40)28-12-16-30(17-13-28)42-23-26-9-5-4-6-10-26/h4-19,22,33,39H,20-21,23-24H2,1-3H3. The second-order valence-corrected chi connectivity index (χ2v) is 10.9. The van der Waals surface area contributed by atoms with Gasteiger partial charge in [0, 0.05) is 18.7 Å². The number of ketones is 1. The van der Waals surface area contributed by atoms with E-state index in [9.17, 15) is 14.7 Å². The molecule has 43 heavy (non-hydrogen) atoms. The molecular weight excluding hydrogens is 540 g/mol. The van der Waals surface area contributed by atoms with Crippen LogP contribution in [0.3, 0.4) is 0 Å². The lowest BCUT2D eigenvalue weighted by Gasteiger charge is -2.26. The Labute approximate surface area is 252 Å². The fourth-order valence-corrected chi connectivity index (χ4v) is 5.09. The number of likely N-dealkylation sites (N-methyl/N-ethyl adjacent to an activating group) is 1. The van der Waals surface area contributed by atoms with Crippen LogP contribution in [-0.2, 0) is 22.8 Å². The summed E-state index contributed by atoms with van der Waals surface area (Å²) in [5.74, 6) is -0.252. The van der Waals surface area contributed by atoms with Crippen molar-refractivity contribution in [3.8, 4) is 11.5 Å². The van der Waals surface area contributed by atoms with E-state index < -0.39 is 17.7 Å². The topological polar surface area (TPSA) is 79.3 Å². The molecule has 7 heteroatoms. The summed E-state index contributed by atoms with van der Waals surface area (Å²) in [6.07, 6.45) is 0. The van der Waals surface area contributed by atoms with Crippen LogP contribution in [0.15, 0.2) is 109 Å². The number of aliphatic hydroxyl groups is 1. The molecule has 1 amide bonds. The second-order valence-electron chi connectivity index (χ2n) is 10.9. The third-order valence-corrected chi connectivity index (χ3v) is 7.39. The molecule has 0 aliphatic carbocycles. The number of hydrogen-bond acceptors (Lipinski definition) is 6. The van der Waals surface area contributed by atoms with E-state index >= 15 is 0 Å². The predicted molar refractivity (Wildman–Crippen MR) is 167 cm³/mol. The molecule has 1 unspecified atom stereocenters. The number of Topliss-reactive ketones (excluding diaryl/α,β-unsaturated/α-hetero) is 1. The smallest absolute Gasteiger partial charge is 0.295 e. The molecule has 5 rings (SSSR count). The molecule has 0 aromatic heterocycles. The first kappa shape index (κ1) is 29.6. The quantitative estimate of drug-likeness (QED) is 0.131. The van der Waals surface area contributed by atoms with Crippen molar-refractivity contribution < 1.29 is 24.2 Å². The van der Waals surface area contributed by atoms with Crippen molar-refractivity contribution in [2.45, 2.75) is 26.2 Å². The third kappa shape index (κ3) is 7.13. The number of aliphatic hydroxyl groups excluding tert-OH is 1. The van der Waals surface area contributed by atoms with Crippen molar-refractivity contribution in [1.29, 1.82) is 0 Å². The highest BCUT2D eigenvalue weighted by Crippen LogP contribution is 2.40. The number of amides is 1. The summed E-state index contributed by atoms with van der Waals surface area (Å²) in [7, 11) is 3.82. The Hall–Kier alpha value is -4.88. The monoisotopic (exact) mass is 576 g/mol. The van der Waals surface area contributed by atoms with Gasteiger partial charge in [0.1, 0.15) is 30.5 Å². The number of nitrogens with zero attached hydrogens (tertiary/aromatic N) is 2. The lowest BCUT2D eigenvalue weighted by Crippen LogP contribution is -2.35. The molecule has 1 aliphatic heterocycles. The molecule has 1 aliphatic rings. The number of benzene rings is 4. The maximum absolute atomic E-state index is 13.4. The van der Waals surface area contributed by atoms with Crippen LogP contribution in [0.25, 0.3) is 5.76 Å². The molecule has 7 nitrogen and oxygen atoms in total. The fourth-order valence-electron chi connectivity index (χ4n) is 5.09. The van der Waals surface area contributed by atoms with Crippen LogP contribution in [0.2, 0.25) is 0 Å². The van der Waals surface area contributed by atoms with Gasteiger partial charge < -0.3 is 24.4 Å². The molecule has 4 aromatic rings. The zero-order valence-corrected chi connectivity index (χ0v) is 24.7. The molecule has 1 atom stereocenters. The van der Waals surface area contributed by atoms with Gasteiger partial charge in [-0.3, -0.25) is 9.59 Å². The first-order valence-electron chi connectivity index (χ1n) is 14.3. The number of likely N-dealkylation sites (tertiary alicyclic amines) is 1. The fraction of sp³-hybridized carbons (Fsp3) is 0.222. The van der Waals surface area contributed by atoms with Crippen LogP contribution in [0.5, 0.6) is 11.5 Å². The van der Waals surface area contributed by atoms with Crippen molar-refractivity contribution in [3.05, 3.63) is 137 Å². The van der Waals surface area contributed by atoms with Gasteiger partial charge in [-0.2, -0.15) is 0 Å². The van der Waals surface area contributed by atoms with Crippen molar-refractivity contribution in [1.82, 2.24) is 9.80 Å². The minimum absolute atomic E-state index is 0.0649. The molecular formula is C36H36N2O5. The molecule has 0 saturated carbocycles. The summed E-state index contributed by atoms with van der Waals surface area (Å²) in [6, 6.07) is 31.5. The first-order chi connectivity index (χ1) is 20.8. The normalized spacial score (nSPS) is 16.1. The molecule has 1 fully saturated rings. The molecule has 0 bridgehead atoms. The Kier molecular flexibility index (Phi) is 9.23. The molecule has 1 saturated heterocycles. The highest BCUT2D eigenvalue weighted by molar-refractivity contribution is 6.46. The largest absolute Gasteiger partial charge is 0.507 e. The van der Waals surface area contributed by atoms with Gasteiger partial charge in [-0.1, -0.05) is 72.3 Å². The van der Waals surface area contributed by atoms with E-state index in [-0.39, 0.29) is 11.3 Å².